The smallest absolute Gasteiger partial charge is 0.166 e. The van der Waals surface area contributed by atoms with E-state index in [1.165, 1.54) is 44.2 Å². The van der Waals surface area contributed by atoms with E-state index in [0.717, 1.165) is 17.4 Å². The molecular formula is C18H21FO. The number of benzene rings is 1. The Kier molecular flexibility index (Phi) is 2.77. The van der Waals surface area contributed by atoms with Crippen LogP contribution >= 0.6 is 0 Å². The van der Waals surface area contributed by atoms with E-state index in [4.69, 9.17) is 0 Å². The minimum atomic E-state index is -0.280. The fraction of sp³-hybridized carbons (Fsp3) is 0.611. The summed E-state index contributed by atoms with van der Waals surface area (Å²) >= 11 is 0. The van der Waals surface area contributed by atoms with Crippen molar-refractivity contribution < 1.29 is 9.18 Å². The second-order valence-electron chi connectivity index (χ2n) is 7.34. The first-order valence-corrected chi connectivity index (χ1v) is 7.91. The van der Waals surface area contributed by atoms with Gasteiger partial charge < -0.3 is 0 Å². The molecule has 0 atom stereocenters. The summed E-state index contributed by atoms with van der Waals surface area (Å²) in [6.45, 7) is 1.86. The lowest BCUT2D eigenvalue weighted by atomic mass is 9.51. The van der Waals surface area contributed by atoms with Gasteiger partial charge in [-0.05, 0) is 86.5 Å². The lowest BCUT2D eigenvalue weighted by molar-refractivity contribution is -0.0251. The van der Waals surface area contributed by atoms with Gasteiger partial charge in [0.1, 0.15) is 5.82 Å². The largest absolute Gasteiger partial charge is 0.294 e. The van der Waals surface area contributed by atoms with Gasteiger partial charge in [0, 0.05) is 11.5 Å². The Morgan fingerprint density at radius 2 is 1.60 bits per heavy atom. The van der Waals surface area contributed by atoms with Gasteiger partial charge in [-0.1, -0.05) is 0 Å². The molecule has 0 spiro atoms. The molecule has 4 fully saturated rings. The van der Waals surface area contributed by atoms with Crippen LogP contribution in [-0.4, -0.2) is 5.78 Å². The quantitative estimate of drug-likeness (QED) is 0.730. The first-order chi connectivity index (χ1) is 9.60. The van der Waals surface area contributed by atoms with Crippen molar-refractivity contribution in [3.63, 3.8) is 0 Å². The van der Waals surface area contributed by atoms with Crippen LogP contribution in [0.15, 0.2) is 18.2 Å². The van der Waals surface area contributed by atoms with Gasteiger partial charge >= 0.3 is 0 Å². The standard InChI is InChI=1S/C18H21FO/c1-10-2-15(9-16(19)3-10)18(20)17-13-5-11-4-12(7-13)8-14(17)6-11/h2-3,9,11-14,17H,4-8H2,1H3. The van der Waals surface area contributed by atoms with Crippen molar-refractivity contribution in [3.05, 3.63) is 35.1 Å². The Labute approximate surface area is 119 Å². The summed E-state index contributed by atoms with van der Waals surface area (Å²) in [5.41, 5.74) is 1.44. The van der Waals surface area contributed by atoms with Crippen LogP contribution in [0.2, 0.25) is 0 Å². The molecule has 0 aromatic heterocycles. The predicted octanol–water partition coefficient (Wildman–Crippen LogP) is 4.39. The van der Waals surface area contributed by atoms with Crippen molar-refractivity contribution in [2.45, 2.75) is 39.0 Å². The summed E-state index contributed by atoms with van der Waals surface area (Å²) in [7, 11) is 0. The molecule has 20 heavy (non-hydrogen) atoms. The van der Waals surface area contributed by atoms with Gasteiger partial charge in [0.15, 0.2) is 5.78 Å². The average molecular weight is 272 g/mol. The summed E-state index contributed by atoms with van der Waals surface area (Å²) in [6, 6.07) is 4.78. The molecule has 0 heterocycles. The van der Waals surface area contributed by atoms with E-state index in [0.29, 0.717) is 17.4 Å². The molecule has 4 aliphatic rings. The maximum atomic E-state index is 13.6. The molecule has 0 radical (unpaired) electrons. The Morgan fingerprint density at radius 1 is 1.00 bits per heavy atom. The fourth-order valence-corrected chi connectivity index (χ4v) is 5.42. The van der Waals surface area contributed by atoms with Crippen LogP contribution < -0.4 is 0 Å². The number of rotatable bonds is 2. The molecule has 5 rings (SSSR count). The minimum Gasteiger partial charge on any atom is -0.294 e. The zero-order valence-corrected chi connectivity index (χ0v) is 11.9. The molecule has 1 nitrogen and oxygen atoms in total. The maximum absolute atomic E-state index is 13.6. The van der Waals surface area contributed by atoms with E-state index >= 15 is 0 Å². The van der Waals surface area contributed by atoms with Crippen LogP contribution in [0.4, 0.5) is 4.39 Å². The van der Waals surface area contributed by atoms with Crippen LogP contribution in [0.3, 0.4) is 0 Å². The highest BCUT2D eigenvalue weighted by Crippen LogP contribution is 2.57. The first-order valence-electron chi connectivity index (χ1n) is 7.91. The lowest BCUT2D eigenvalue weighted by Crippen LogP contribution is -2.48. The molecule has 4 saturated carbocycles. The predicted molar refractivity (Wildman–Crippen MR) is 76.0 cm³/mol. The number of aryl methyl sites for hydroxylation is 1. The fourth-order valence-electron chi connectivity index (χ4n) is 5.42. The minimum absolute atomic E-state index is 0.170. The number of ketones is 1. The first kappa shape index (κ1) is 12.6. The number of carbonyl (C=O) groups is 1. The third-order valence-electron chi connectivity index (χ3n) is 5.86. The van der Waals surface area contributed by atoms with Gasteiger partial charge in [-0.25, -0.2) is 4.39 Å². The zero-order valence-electron chi connectivity index (χ0n) is 11.9. The van der Waals surface area contributed by atoms with Crippen molar-refractivity contribution >= 4 is 5.78 Å². The van der Waals surface area contributed by atoms with Crippen LogP contribution in [0, 0.1) is 42.3 Å². The van der Waals surface area contributed by atoms with Crippen LogP contribution in [-0.2, 0) is 0 Å². The van der Waals surface area contributed by atoms with Crippen molar-refractivity contribution in [1.29, 1.82) is 0 Å². The van der Waals surface area contributed by atoms with Crippen molar-refractivity contribution in [3.8, 4) is 0 Å². The number of Topliss-reactive ketones (excluding diaryl/α,β-unsaturated/α-hetero) is 1. The van der Waals surface area contributed by atoms with E-state index in [9.17, 15) is 9.18 Å². The number of hydrogen-bond donors (Lipinski definition) is 0. The highest BCUT2D eigenvalue weighted by molar-refractivity contribution is 5.98. The molecule has 4 bridgehead atoms. The van der Waals surface area contributed by atoms with E-state index in [1.807, 2.05) is 13.0 Å². The average Bonchev–Trinajstić information content (AvgIpc) is 2.35. The molecule has 0 saturated heterocycles. The Balaban J connectivity index is 1.65. The normalized spacial score (nSPS) is 38.2. The molecule has 0 aliphatic heterocycles. The van der Waals surface area contributed by atoms with Crippen LogP contribution in [0.25, 0.3) is 0 Å². The highest BCUT2D eigenvalue weighted by atomic mass is 19.1. The lowest BCUT2D eigenvalue weighted by Gasteiger charge is -2.53. The molecule has 1 aromatic rings. The number of carbonyl (C=O) groups excluding carboxylic acids is 1. The van der Waals surface area contributed by atoms with Gasteiger partial charge in [-0.15, -0.1) is 0 Å². The molecule has 4 aliphatic carbocycles. The Hall–Kier alpha value is -1.18. The highest BCUT2D eigenvalue weighted by Gasteiger charge is 2.50. The Bertz CT molecular complexity index is 514. The topological polar surface area (TPSA) is 17.1 Å². The van der Waals surface area contributed by atoms with Gasteiger partial charge in [0.25, 0.3) is 0 Å². The second-order valence-corrected chi connectivity index (χ2v) is 7.34. The maximum Gasteiger partial charge on any atom is 0.166 e. The summed E-state index contributed by atoms with van der Waals surface area (Å²) in [5, 5.41) is 0. The second kappa shape index (κ2) is 4.41. The summed E-state index contributed by atoms with van der Waals surface area (Å²) < 4.78 is 13.6. The monoisotopic (exact) mass is 272 g/mol. The molecule has 0 N–H and O–H groups in total. The molecule has 106 valence electrons. The SMILES string of the molecule is Cc1cc(F)cc(C(=O)C2C3CC4CC(C3)CC2C4)c1. The van der Waals surface area contributed by atoms with E-state index in [-0.39, 0.29) is 17.5 Å². The van der Waals surface area contributed by atoms with Crippen molar-refractivity contribution in [1.82, 2.24) is 0 Å². The zero-order chi connectivity index (χ0) is 13.9. The van der Waals surface area contributed by atoms with Crippen molar-refractivity contribution in [2.75, 3.05) is 0 Å². The van der Waals surface area contributed by atoms with E-state index in [2.05, 4.69) is 0 Å². The van der Waals surface area contributed by atoms with Gasteiger partial charge in [0.05, 0.1) is 0 Å². The van der Waals surface area contributed by atoms with E-state index < -0.39 is 0 Å². The molecule has 0 amide bonds. The molecular weight excluding hydrogens is 251 g/mol. The molecule has 0 unspecified atom stereocenters. The van der Waals surface area contributed by atoms with Gasteiger partial charge in [0.2, 0.25) is 0 Å². The van der Waals surface area contributed by atoms with Crippen LogP contribution in [0.1, 0.15) is 48.0 Å². The summed E-state index contributed by atoms with van der Waals surface area (Å²) in [6.07, 6.45) is 6.33. The molecule has 1 aromatic carbocycles. The summed E-state index contributed by atoms with van der Waals surface area (Å²) in [4.78, 5) is 12.9. The van der Waals surface area contributed by atoms with Gasteiger partial charge in [-0.2, -0.15) is 0 Å². The third kappa shape index (κ3) is 1.92. The van der Waals surface area contributed by atoms with Gasteiger partial charge in [-0.3, -0.25) is 4.79 Å². The van der Waals surface area contributed by atoms with Crippen LogP contribution in [0.5, 0.6) is 0 Å². The van der Waals surface area contributed by atoms with E-state index in [1.54, 1.807) is 0 Å². The molecule has 2 heteroatoms. The summed E-state index contributed by atoms with van der Waals surface area (Å²) in [5.74, 6) is 2.99. The number of halogens is 1. The third-order valence-corrected chi connectivity index (χ3v) is 5.86. The van der Waals surface area contributed by atoms with Crippen molar-refractivity contribution in [2.24, 2.45) is 29.6 Å². The Morgan fingerprint density at radius 3 is 2.15 bits per heavy atom. The number of hydrogen-bond acceptors (Lipinski definition) is 1.